The van der Waals surface area contributed by atoms with Crippen molar-refractivity contribution < 1.29 is 9.18 Å². The molecule has 26 heavy (non-hydrogen) atoms. The second-order valence-electron chi connectivity index (χ2n) is 5.82. The number of tetrazole rings is 1. The first-order chi connectivity index (χ1) is 12.5. The number of halogens is 1. The van der Waals surface area contributed by atoms with Gasteiger partial charge in [0, 0.05) is 0 Å². The van der Waals surface area contributed by atoms with E-state index in [2.05, 4.69) is 20.8 Å². The largest absolute Gasteiger partial charge is 0.323 e. The van der Waals surface area contributed by atoms with E-state index in [1.165, 1.54) is 23.9 Å². The van der Waals surface area contributed by atoms with Crippen LogP contribution in [0.2, 0.25) is 0 Å². The molecule has 0 spiro atoms. The number of rotatable bonds is 5. The van der Waals surface area contributed by atoms with Crippen LogP contribution >= 0.6 is 11.8 Å². The molecular formula is C18H18FN5OS. The third kappa shape index (κ3) is 3.75. The maximum atomic E-state index is 13.7. The smallest absolute Gasteiger partial charge is 0.237 e. The highest BCUT2D eigenvalue weighted by Gasteiger charge is 2.21. The van der Waals surface area contributed by atoms with Crippen molar-refractivity contribution in [1.82, 2.24) is 20.2 Å². The molecule has 1 heterocycles. The van der Waals surface area contributed by atoms with E-state index in [0.717, 1.165) is 16.8 Å². The predicted molar refractivity (Wildman–Crippen MR) is 99.0 cm³/mol. The minimum Gasteiger partial charge on any atom is -0.323 e. The lowest BCUT2D eigenvalue weighted by molar-refractivity contribution is -0.115. The number of thioether (sulfide) groups is 1. The molecular weight excluding hydrogens is 353 g/mol. The molecule has 134 valence electrons. The topological polar surface area (TPSA) is 72.7 Å². The molecule has 0 radical (unpaired) electrons. The van der Waals surface area contributed by atoms with Gasteiger partial charge in [-0.1, -0.05) is 36.0 Å². The maximum Gasteiger partial charge on any atom is 0.237 e. The van der Waals surface area contributed by atoms with Crippen molar-refractivity contribution in [1.29, 1.82) is 0 Å². The number of amides is 1. The minimum atomic E-state index is -0.510. The van der Waals surface area contributed by atoms with E-state index in [1.54, 1.807) is 23.7 Å². The fourth-order valence-electron chi connectivity index (χ4n) is 2.38. The Morgan fingerprint density at radius 1 is 1.19 bits per heavy atom. The number of nitrogens with one attached hydrogen (secondary N) is 1. The lowest BCUT2D eigenvalue weighted by Gasteiger charge is -2.13. The lowest BCUT2D eigenvalue weighted by Crippen LogP contribution is -2.23. The van der Waals surface area contributed by atoms with Gasteiger partial charge in [0.1, 0.15) is 5.82 Å². The van der Waals surface area contributed by atoms with Crippen LogP contribution in [-0.4, -0.2) is 31.4 Å². The van der Waals surface area contributed by atoms with Crippen molar-refractivity contribution >= 4 is 23.4 Å². The Morgan fingerprint density at radius 2 is 1.96 bits per heavy atom. The van der Waals surface area contributed by atoms with Crippen LogP contribution in [0, 0.1) is 19.7 Å². The number of hydrogen-bond acceptors (Lipinski definition) is 5. The number of benzene rings is 2. The SMILES string of the molecule is Cc1cccc(-n2nnnc2S[C@H](C)C(=O)Nc2ccccc2F)c1C. The van der Waals surface area contributed by atoms with Crippen LogP contribution in [0.3, 0.4) is 0 Å². The molecule has 0 saturated heterocycles. The van der Waals surface area contributed by atoms with Gasteiger partial charge in [0.2, 0.25) is 11.1 Å². The first-order valence-electron chi connectivity index (χ1n) is 8.04. The normalized spacial score (nSPS) is 12.0. The average molecular weight is 371 g/mol. The van der Waals surface area contributed by atoms with Gasteiger partial charge < -0.3 is 5.32 Å². The summed E-state index contributed by atoms with van der Waals surface area (Å²) >= 11 is 1.21. The summed E-state index contributed by atoms with van der Waals surface area (Å²) in [6.07, 6.45) is 0. The van der Waals surface area contributed by atoms with E-state index >= 15 is 0 Å². The standard InChI is InChI=1S/C18H18FN5OS/c1-11-7-6-10-16(12(11)2)24-18(21-22-23-24)26-13(3)17(25)20-15-9-5-4-8-14(15)19/h4-10,13H,1-3H3,(H,20,25)/t13-/m1/s1. The van der Waals surface area contributed by atoms with E-state index < -0.39 is 11.1 Å². The fraction of sp³-hybridized carbons (Fsp3) is 0.222. The predicted octanol–water partition coefficient (Wildman–Crippen LogP) is 3.54. The van der Waals surface area contributed by atoms with E-state index in [0.29, 0.717) is 5.16 Å². The highest BCUT2D eigenvalue weighted by atomic mass is 32.2. The molecule has 0 fully saturated rings. The number of aromatic nitrogens is 4. The van der Waals surface area contributed by atoms with E-state index in [-0.39, 0.29) is 11.6 Å². The highest BCUT2D eigenvalue weighted by molar-refractivity contribution is 8.00. The lowest BCUT2D eigenvalue weighted by atomic mass is 10.1. The zero-order valence-corrected chi connectivity index (χ0v) is 15.4. The van der Waals surface area contributed by atoms with Gasteiger partial charge >= 0.3 is 0 Å². The molecule has 0 unspecified atom stereocenters. The second kappa shape index (κ2) is 7.65. The van der Waals surface area contributed by atoms with Crippen LogP contribution in [0.4, 0.5) is 10.1 Å². The summed E-state index contributed by atoms with van der Waals surface area (Å²) < 4.78 is 15.3. The number of aryl methyl sites for hydroxylation is 1. The van der Waals surface area contributed by atoms with Crippen LogP contribution in [0.1, 0.15) is 18.1 Å². The summed E-state index contributed by atoms with van der Waals surface area (Å²) in [6, 6.07) is 11.9. The van der Waals surface area contributed by atoms with Crippen molar-refractivity contribution in [2.75, 3.05) is 5.32 Å². The Kier molecular flexibility index (Phi) is 5.32. The third-order valence-corrected chi connectivity index (χ3v) is 5.06. The molecule has 2 aromatic carbocycles. The van der Waals surface area contributed by atoms with Crippen LogP contribution < -0.4 is 5.32 Å². The second-order valence-corrected chi connectivity index (χ2v) is 7.13. The number of para-hydroxylation sites is 1. The van der Waals surface area contributed by atoms with Gasteiger partial charge in [-0.05, 0) is 60.5 Å². The van der Waals surface area contributed by atoms with Crippen molar-refractivity contribution in [3.63, 3.8) is 0 Å². The van der Waals surface area contributed by atoms with Gasteiger partial charge in [0.25, 0.3) is 0 Å². The van der Waals surface area contributed by atoms with E-state index in [4.69, 9.17) is 0 Å². The Bertz CT molecular complexity index is 943. The molecule has 1 aromatic heterocycles. The third-order valence-electron chi connectivity index (χ3n) is 4.03. The van der Waals surface area contributed by atoms with Crippen LogP contribution in [-0.2, 0) is 4.79 Å². The summed E-state index contributed by atoms with van der Waals surface area (Å²) in [4.78, 5) is 12.4. The fourth-order valence-corrected chi connectivity index (χ4v) is 3.18. The first kappa shape index (κ1) is 18.1. The van der Waals surface area contributed by atoms with Gasteiger partial charge in [-0.2, -0.15) is 4.68 Å². The van der Waals surface area contributed by atoms with Crippen molar-refractivity contribution in [2.45, 2.75) is 31.2 Å². The molecule has 3 aromatic rings. The molecule has 6 nitrogen and oxygen atoms in total. The van der Waals surface area contributed by atoms with Crippen molar-refractivity contribution in [3.05, 3.63) is 59.4 Å². The summed E-state index contributed by atoms with van der Waals surface area (Å²) in [6.45, 7) is 5.73. The summed E-state index contributed by atoms with van der Waals surface area (Å²) in [5.74, 6) is -0.797. The van der Waals surface area contributed by atoms with Gasteiger partial charge in [-0.15, -0.1) is 5.10 Å². The van der Waals surface area contributed by atoms with Gasteiger partial charge in [0.15, 0.2) is 0 Å². The number of anilines is 1. The molecule has 0 aliphatic carbocycles. The van der Waals surface area contributed by atoms with Crippen molar-refractivity contribution in [3.8, 4) is 5.69 Å². The van der Waals surface area contributed by atoms with Crippen molar-refractivity contribution in [2.24, 2.45) is 0 Å². The molecule has 8 heteroatoms. The zero-order valence-electron chi connectivity index (χ0n) is 14.6. The molecule has 0 bridgehead atoms. The number of carbonyl (C=O) groups excluding carboxylic acids is 1. The van der Waals surface area contributed by atoms with Crippen LogP contribution in [0.5, 0.6) is 0 Å². The highest BCUT2D eigenvalue weighted by Crippen LogP contribution is 2.26. The zero-order chi connectivity index (χ0) is 18.7. The molecule has 0 aliphatic heterocycles. The summed E-state index contributed by atoms with van der Waals surface area (Å²) in [5, 5.41) is 14.4. The van der Waals surface area contributed by atoms with Crippen LogP contribution in [0.15, 0.2) is 47.6 Å². The molecule has 1 amide bonds. The molecule has 1 atom stereocenters. The monoisotopic (exact) mass is 371 g/mol. The van der Waals surface area contributed by atoms with Crippen LogP contribution in [0.25, 0.3) is 5.69 Å². The molecule has 1 N–H and O–H groups in total. The van der Waals surface area contributed by atoms with E-state index in [1.807, 2.05) is 32.0 Å². The molecule has 0 saturated carbocycles. The molecule has 3 rings (SSSR count). The number of carbonyl (C=O) groups is 1. The maximum absolute atomic E-state index is 13.7. The first-order valence-corrected chi connectivity index (χ1v) is 8.92. The Labute approximate surface area is 154 Å². The van der Waals surface area contributed by atoms with Gasteiger partial charge in [-0.3, -0.25) is 4.79 Å². The number of hydrogen-bond donors (Lipinski definition) is 1. The minimum absolute atomic E-state index is 0.152. The summed E-state index contributed by atoms with van der Waals surface area (Å²) in [7, 11) is 0. The Morgan fingerprint density at radius 3 is 2.73 bits per heavy atom. The summed E-state index contributed by atoms with van der Waals surface area (Å²) in [5.41, 5.74) is 3.20. The van der Waals surface area contributed by atoms with E-state index in [9.17, 15) is 9.18 Å². The number of nitrogens with zero attached hydrogens (tertiary/aromatic N) is 4. The molecule has 0 aliphatic rings. The Balaban J connectivity index is 1.78. The van der Waals surface area contributed by atoms with Gasteiger partial charge in [-0.25, -0.2) is 4.39 Å². The Hall–Kier alpha value is -2.74. The van der Waals surface area contributed by atoms with Gasteiger partial charge in [0.05, 0.1) is 16.6 Å². The quantitative estimate of drug-likeness (QED) is 0.695. The average Bonchev–Trinajstić information content (AvgIpc) is 3.07.